The van der Waals surface area contributed by atoms with Crippen molar-refractivity contribution < 1.29 is 9.53 Å². The Bertz CT molecular complexity index is 267. The molecule has 2 aliphatic rings. The highest BCUT2D eigenvalue weighted by molar-refractivity contribution is 7.99. The standard InChI is InChI=1S/C14H25NO2S/c1-18-13-4-2-7-15(8-5-13)10-14(11-16)6-3-9-17-12-14/h11,13H,2-10,12H2,1H3. The van der Waals surface area contributed by atoms with Crippen molar-refractivity contribution in [2.75, 3.05) is 39.1 Å². The normalized spacial score (nSPS) is 35.1. The molecule has 0 N–H and O–H groups in total. The average Bonchev–Trinajstić information content (AvgIpc) is 2.65. The van der Waals surface area contributed by atoms with Gasteiger partial charge in [0.05, 0.1) is 12.0 Å². The zero-order valence-electron chi connectivity index (χ0n) is 11.4. The van der Waals surface area contributed by atoms with E-state index in [1.807, 2.05) is 11.8 Å². The summed E-state index contributed by atoms with van der Waals surface area (Å²) in [5, 5.41) is 0.810. The molecule has 2 unspecified atom stereocenters. The highest BCUT2D eigenvalue weighted by Crippen LogP contribution is 2.29. The zero-order chi connectivity index (χ0) is 12.8. The van der Waals surface area contributed by atoms with Crippen LogP contribution in [0.3, 0.4) is 0 Å². The van der Waals surface area contributed by atoms with Crippen LogP contribution in [0.1, 0.15) is 32.1 Å². The minimum absolute atomic E-state index is 0.225. The second-order valence-electron chi connectivity index (χ2n) is 5.70. The van der Waals surface area contributed by atoms with E-state index in [1.165, 1.54) is 19.3 Å². The van der Waals surface area contributed by atoms with Gasteiger partial charge < -0.3 is 14.4 Å². The molecule has 2 saturated heterocycles. The molecule has 0 aromatic carbocycles. The molecule has 2 heterocycles. The first-order valence-corrected chi connectivity index (χ1v) is 8.36. The van der Waals surface area contributed by atoms with E-state index in [0.717, 1.165) is 50.6 Å². The highest BCUT2D eigenvalue weighted by atomic mass is 32.2. The first-order valence-electron chi connectivity index (χ1n) is 7.07. The summed E-state index contributed by atoms with van der Waals surface area (Å²) < 4.78 is 5.53. The number of carbonyl (C=O) groups excluding carboxylic acids is 1. The lowest BCUT2D eigenvalue weighted by Crippen LogP contribution is -2.44. The average molecular weight is 271 g/mol. The van der Waals surface area contributed by atoms with Crippen molar-refractivity contribution in [3.8, 4) is 0 Å². The molecule has 104 valence electrons. The molecule has 0 amide bonds. The van der Waals surface area contributed by atoms with E-state index < -0.39 is 0 Å². The van der Waals surface area contributed by atoms with Gasteiger partial charge in [-0.25, -0.2) is 0 Å². The molecule has 2 atom stereocenters. The minimum atomic E-state index is -0.225. The number of aldehydes is 1. The summed E-state index contributed by atoms with van der Waals surface area (Å²) in [6.07, 6.45) is 9.24. The largest absolute Gasteiger partial charge is 0.380 e. The molecule has 0 aliphatic carbocycles. The molecule has 0 spiro atoms. The number of rotatable bonds is 4. The summed E-state index contributed by atoms with van der Waals surface area (Å²) in [5.41, 5.74) is -0.225. The van der Waals surface area contributed by atoms with Crippen molar-refractivity contribution in [3.05, 3.63) is 0 Å². The van der Waals surface area contributed by atoms with Gasteiger partial charge in [0.15, 0.2) is 0 Å². The van der Waals surface area contributed by atoms with Crippen molar-refractivity contribution in [2.45, 2.75) is 37.4 Å². The van der Waals surface area contributed by atoms with Crippen LogP contribution in [0.25, 0.3) is 0 Å². The molecule has 2 rings (SSSR count). The van der Waals surface area contributed by atoms with Crippen LogP contribution >= 0.6 is 11.8 Å². The Kier molecular flexibility index (Phi) is 5.52. The lowest BCUT2D eigenvalue weighted by Gasteiger charge is -2.36. The number of likely N-dealkylation sites (tertiary alicyclic amines) is 1. The number of ether oxygens (including phenoxy) is 1. The SMILES string of the molecule is CSC1CCCN(CC2(C=O)CCCOC2)CC1. The van der Waals surface area contributed by atoms with Gasteiger partial charge in [0.1, 0.15) is 6.29 Å². The Balaban J connectivity index is 1.89. The van der Waals surface area contributed by atoms with Crippen molar-refractivity contribution >= 4 is 18.0 Å². The summed E-state index contributed by atoms with van der Waals surface area (Å²) in [6.45, 7) is 4.63. The maximum absolute atomic E-state index is 11.5. The fraction of sp³-hybridized carbons (Fsp3) is 0.929. The number of hydrogen-bond acceptors (Lipinski definition) is 4. The minimum Gasteiger partial charge on any atom is -0.380 e. The van der Waals surface area contributed by atoms with Crippen LogP contribution in [0.4, 0.5) is 0 Å². The van der Waals surface area contributed by atoms with Gasteiger partial charge in [-0.3, -0.25) is 0 Å². The van der Waals surface area contributed by atoms with Gasteiger partial charge >= 0.3 is 0 Å². The van der Waals surface area contributed by atoms with Gasteiger partial charge in [-0.2, -0.15) is 11.8 Å². The molecule has 0 radical (unpaired) electrons. The van der Waals surface area contributed by atoms with E-state index in [0.29, 0.717) is 6.61 Å². The maximum atomic E-state index is 11.5. The van der Waals surface area contributed by atoms with Crippen LogP contribution in [0, 0.1) is 5.41 Å². The molecule has 2 aliphatic heterocycles. The van der Waals surface area contributed by atoms with Crippen LogP contribution < -0.4 is 0 Å². The van der Waals surface area contributed by atoms with Crippen molar-refractivity contribution in [3.63, 3.8) is 0 Å². The van der Waals surface area contributed by atoms with Crippen molar-refractivity contribution in [2.24, 2.45) is 5.41 Å². The monoisotopic (exact) mass is 271 g/mol. The lowest BCUT2D eigenvalue weighted by atomic mass is 9.83. The van der Waals surface area contributed by atoms with Gasteiger partial charge in [-0.1, -0.05) is 0 Å². The number of hydrogen-bond donors (Lipinski definition) is 0. The summed E-state index contributed by atoms with van der Waals surface area (Å²) in [4.78, 5) is 13.9. The number of nitrogens with zero attached hydrogens (tertiary/aromatic N) is 1. The van der Waals surface area contributed by atoms with E-state index in [4.69, 9.17) is 4.74 Å². The van der Waals surface area contributed by atoms with Gasteiger partial charge in [-0.05, 0) is 51.4 Å². The van der Waals surface area contributed by atoms with Gasteiger partial charge in [0.2, 0.25) is 0 Å². The van der Waals surface area contributed by atoms with Gasteiger partial charge in [0.25, 0.3) is 0 Å². The van der Waals surface area contributed by atoms with Crippen molar-refractivity contribution in [1.29, 1.82) is 0 Å². The summed E-state index contributed by atoms with van der Waals surface area (Å²) in [7, 11) is 0. The summed E-state index contributed by atoms with van der Waals surface area (Å²) in [5.74, 6) is 0. The first kappa shape index (κ1) is 14.4. The topological polar surface area (TPSA) is 29.5 Å². The molecule has 0 aromatic heterocycles. The molecule has 2 fully saturated rings. The fourth-order valence-corrected chi connectivity index (χ4v) is 3.84. The van der Waals surface area contributed by atoms with Crippen LogP contribution in [-0.4, -0.2) is 55.5 Å². The third kappa shape index (κ3) is 3.72. The Labute approximate surface area is 115 Å². The van der Waals surface area contributed by atoms with E-state index in [1.54, 1.807) is 0 Å². The van der Waals surface area contributed by atoms with E-state index >= 15 is 0 Å². The van der Waals surface area contributed by atoms with E-state index in [-0.39, 0.29) is 5.41 Å². The number of thioether (sulfide) groups is 1. The van der Waals surface area contributed by atoms with Crippen molar-refractivity contribution in [1.82, 2.24) is 4.90 Å². The predicted molar refractivity (Wildman–Crippen MR) is 76.1 cm³/mol. The Morgan fingerprint density at radius 1 is 1.39 bits per heavy atom. The fourth-order valence-electron chi connectivity index (χ4n) is 3.09. The zero-order valence-corrected chi connectivity index (χ0v) is 12.2. The molecule has 0 aromatic rings. The Hall–Kier alpha value is -0.0600. The molecule has 4 heteroatoms. The molecule has 0 saturated carbocycles. The second kappa shape index (κ2) is 6.92. The lowest BCUT2D eigenvalue weighted by molar-refractivity contribution is -0.125. The first-order chi connectivity index (χ1) is 8.78. The summed E-state index contributed by atoms with van der Waals surface area (Å²) in [6, 6.07) is 0. The van der Waals surface area contributed by atoms with Crippen LogP contribution in [-0.2, 0) is 9.53 Å². The second-order valence-corrected chi connectivity index (χ2v) is 6.84. The third-order valence-corrected chi connectivity index (χ3v) is 5.38. The molecular formula is C14H25NO2S. The quantitative estimate of drug-likeness (QED) is 0.733. The molecule has 18 heavy (non-hydrogen) atoms. The smallest absolute Gasteiger partial charge is 0.129 e. The van der Waals surface area contributed by atoms with E-state index in [9.17, 15) is 4.79 Å². The van der Waals surface area contributed by atoms with Crippen LogP contribution in [0.2, 0.25) is 0 Å². The Morgan fingerprint density at radius 3 is 2.94 bits per heavy atom. The number of carbonyl (C=O) groups is 1. The van der Waals surface area contributed by atoms with E-state index in [2.05, 4.69) is 11.2 Å². The van der Waals surface area contributed by atoms with Crippen LogP contribution in [0.15, 0.2) is 0 Å². The summed E-state index contributed by atoms with van der Waals surface area (Å²) >= 11 is 1.99. The predicted octanol–water partition coefficient (Wildman–Crippen LogP) is 2.20. The molecule has 3 nitrogen and oxygen atoms in total. The third-order valence-electron chi connectivity index (χ3n) is 4.24. The maximum Gasteiger partial charge on any atom is 0.129 e. The van der Waals surface area contributed by atoms with Gasteiger partial charge in [0, 0.05) is 18.4 Å². The van der Waals surface area contributed by atoms with Crippen LogP contribution in [0.5, 0.6) is 0 Å². The van der Waals surface area contributed by atoms with Gasteiger partial charge in [-0.15, -0.1) is 0 Å². The highest BCUT2D eigenvalue weighted by Gasteiger charge is 2.35. The molecular weight excluding hydrogens is 246 g/mol. The Morgan fingerprint density at radius 2 is 2.28 bits per heavy atom. The molecule has 0 bridgehead atoms.